The van der Waals surface area contributed by atoms with Crippen molar-refractivity contribution in [2.24, 2.45) is 0 Å². The lowest BCUT2D eigenvalue weighted by Crippen LogP contribution is -1.99. The van der Waals surface area contributed by atoms with Gasteiger partial charge in [0.15, 0.2) is 5.58 Å². The summed E-state index contributed by atoms with van der Waals surface area (Å²) < 4.78 is 5.24. The average molecular weight is 226 g/mol. The van der Waals surface area contributed by atoms with Crippen molar-refractivity contribution in [3.05, 3.63) is 29.7 Å². The quantitative estimate of drug-likeness (QED) is 0.814. The van der Waals surface area contributed by atoms with E-state index in [1.807, 2.05) is 6.07 Å². The number of alkyl halides is 1. The van der Waals surface area contributed by atoms with E-state index < -0.39 is 5.97 Å². The number of hydrogen-bond acceptors (Lipinski definition) is 3. The van der Waals surface area contributed by atoms with E-state index in [1.165, 1.54) is 0 Å². The number of halogens is 1. The summed E-state index contributed by atoms with van der Waals surface area (Å²) in [6.45, 7) is 0. The van der Waals surface area contributed by atoms with E-state index >= 15 is 0 Å². The Morgan fingerprint density at radius 3 is 3.00 bits per heavy atom. The molecule has 1 aromatic carbocycles. The fraction of sp³-hybridized carbons (Fsp3) is 0.200. The van der Waals surface area contributed by atoms with Gasteiger partial charge in [0.05, 0.1) is 0 Å². The highest BCUT2D eigenvalue weighted by molar-refractivity contribution is 6.17. The number of hydrogen-bond donors (Lipinski definition) is 1. The van der Waals surface area contributed by atoms with E-state index in [1.54, 1.807) is 12.1 Å². The normalized spacial score (nSPS) is 10.7. The first kappa shape index (κ1) is 9.98. The highest BCUT2D eigenvalue weighted by Crippen LogP contribution is 2.18. The van der Waals surface area contributed by atoms with E-state index in [2.05, 4.69) is 4.98 Å². The van der Waals surface area contributed by atoms with Crippen LogP contribution in [0, 0.1) is 0 Å². The molecule has 0 atom stereocenters. The Morgan fingerprint density at radius 1 is 1.53 bits per heavy atom. The SMILES string of the molecule is O=C(O)Cc1nc2cc(CCl)ccc2o1. The van der Waals surface area contributed by atoms with Crippen LogP contribution in [0.1, 0.15) is 11.5 Å². The summed E-state index contributed by atoms with van der Waals surface area (Å²) in [5, 5.41) is 8.57. The third-order valence-electron chi connectivity index (χ3n) is 1.95. The summed E-state index contributed by atoms with van der Waals surface area (Å²) in [4.78, 5) is 14.5. The molecule has 5 heteroatoms. The average Bonchev–Trinajstić information content (AvgIpc) is 2.57. The summed E-state index contributed by atoms with van der Waals surface area (Å²) in [6, 6.07) is 5.35. The minimum atomic E-state index is -0.959. The van der Waals surface area contributed by atoms with Crippen LogP contribution in [-0.4, -0.2) is 16.1 Å². The maximum atomic E-state index is 10.4. The lowest BCUT2D eigenvalue weighted by Gasteiger charge is -1.91. The van der Waals surface area contributed by atoms with Crippen molar-refractivity contribution in [2.45, 2.75) is 12.3 Å². The number of aliphatic carboxylic acids is 1. The Kier molecular flexibility index (Phi) is 2.60. The van der Waals surface area contributed by atoms with Gasteiger partial charge >= 0.3 is 5.97 Å². The second kappa shape index (κ2) is 3.90. The summed E-state index contributed by atoms with van der Waals surface area (Å²) in [5.74, 6) is -0.347. The molecule has 2 aromatic rings. The first-order valence-electron chi connectivity index (χ1n) is 4.35. The Hall–Kier alpha value is -1.55. The van der Waals surface area contributed by atoms with E-state index in [0.29, 0.717) is 17.0 Å². The zero-order chi connectivity index (χ0) is 10.8. The Morgan fingerprint density at radius 2 is 2.33 bits per heavy atom. The molecule has 0 radical (unpaired) electrons. The first-order chi connectivity index (χ1) is 7.19. The molecular weight excluding hydrogens is 218 g/mol. The number of carboxylic acids is 1. The van der Waals surface area contributed by atoms with Crippen LogP contribution in [-0.2, 0) is 17.1 Å². The van der Waals surface area contributed by atoms with Gasteiger partial charge in [-0.15, -0.1) is 11.6 Å². The van der Waals surface area contributed by atoms with Gasteiger partial charge in [-0.05, 0) is 17.7 Å². The van der Waals surface area contributed by atoms with Crippen LogP contribution in [0.25, 0.3) is 11.1 Å². The van der Waals surface area contributed by atoms with Crippen molar-refractivity contribution in [1.82, 2.24) is 4.98 Å². The molecule has 0 aliphatic rings. The van der Waals surface area contributed by atoms with Crippen LogP contribution < -0.4 is 0 Å². The smallest absolute Gasteiger partial charge is 0.312 e. The van der Waals surface area contributed by atoms with Gasteiger partial charge in [0.2, 0.25) is 5.89 Å². The highest BCUT2D eigenvalue weighted by Gasteiger charge is 2.09. The van der Waals surface area contributed by atoms with Gasteiger partial charge in [-0.2, -0.15) is 0 Å². The minimum Gasteiger partial charge on any atom is -0.481 e. The van der Waals surface area contributed by atoms with E-state index in [9.17, 15) is 4.79 Å². The monoisotopic (exact) mass is 225 g/mol. The largest absolute Gasteiger partial charge is 0.481 e. The molecule has 0 spiro atoms. The number of rotatable bonds is 3. The summed E-state index contributed by atoms with van der Waals surface area (Å²) >= 11 is 5.67. The van der Waals surface area contributed by atoms with Crippen LogP contribution >= 0.6 is 11.6 Å². The molecular formula is C10H8ClNO3. The molecule has 2 rings (SSSR count). The second-order valence-electron chi connectivity index (χ2n) is 3.11. The van der Waals surface area contributed by atoms with Gasteiger partial charge < -0.3 is 9.52 Å². The molecule has 4 nitrogen and oxygen atoms in total. The fourth-order valence-corrected chi connectivity index (χ4v) is 1.48. The standard InChI is InChI=1S/C10H8ClNO3/c11-5-6-1-2-8-7(3-6)12-9(15-8)4-10(13)14/h1-3H,4-5H2,(H,13,14). The molecule has 0 aliphatic carbocycles. The number of carbonyl (C=O) groups is 1. The number of oxazole rings is 1. The summed E-state index contributed by atoms with van der Waals surface area (Å²) in [7, 11) is 0. The van der Waals surface area contributed by atoms with E-state index in [0.717, 1.165) is 5.56 Å². The second-order valence-corrected chi connectivity index (χ2v) is 3.38. The van der Waals surface area contributed by atoms with Crippen LogP contribution in [0.5, 0.6) is 0 Å². The van der Waals surface area contributed by atoms with Gasteiger partial charge in [-0.1, -0.05) is 6.07 Å². The van der Waals surface area contributed by atoms with Crippen molar-refractivity contribution < 1.29 is 14.3 Å². The number of carboxylic acid groups (broad SMARTS) is 1. The third kappa shape index (κ3) is 2.10. The van der Waals surface area contributed by atoms with Gasteiger partial charge in [-0.3, -0.25) is 4.79 Å². The number of benzene rings is 1. The molecule has 15 heavy (non-hydrogen) atoms. The molecule has 0 unspecified atom stereocenters. The third-order valence-corrected chi connectivity index (χ3v) is 2.26. The van der Waals surface area contributed by atoms with Gasteiger partial charge in [-0.25, -0.2) is 4.98 Å². The van der Waals surface area contributed by atoms with Gasteiger partial charge in [0.1, 0.15) is 11.9 Å². The van der Waals surface area contributed by atoms with Crippen molar-refractivity contribution in [2.75, 3.05) is 0 Å². The number of fused-ring (bicyclic) bond motifs is 1. The summed E-state index contributed by atoms with van der Waals surface area (Å²) in [6.07, 6.45) is -0.203. The fourth-order valence-electron chi connectivity index (χ4n) is 1.31. The molecule has 0 saturated heterocycles. The van der Waals surface area contributed by atoms with Crippen LogP contribution in [0.4, 0.5) is 0 Å². The zero-order valence-corrected chi connectivity index (χ0v) is 8.49. The predicted molar refractivity (Wildman–Crippen MR) is 54.9 cm³/mol. The Bertz CT molecular complexity index is 506. The topological polar surface area (TPSA) is 63.3 Å². The molecule has 1 aromatic heterocycles. The minimum absolute atomic E-state index is 0.203. The molecule has 0 saturated carbocycles. The van der Waals surface area contributed by atoms with Crippen LogP contribution in [0.2, 0.25) is 0 Å². The first-order valence-corrected chi connectivity index (χ1v) is 4.88. The van der Waals surface area contributed by atoms with Crippen molar-refractivity contribution in [3.63, 3.8) is 0 Å². The lowest BCUT2D eigenvalue weighted by atomic mass is 10.2. The maximum absolute atomic E-state index is 10.4. The summed E-state index contributed by atoms with van der Waals surface area (Å²) in [5.41, 5.74) is 2.16. The molecule has 0 fully saturated rings. The van der Waals surface area contributed by atoms with Crippen molar-refractivity contribution >= 4 is 28.7 Å². The predicted octanol–water partition coefficient (Wildman–Crippen LogP) is 2.19. The van der Waals surface area contributed by atoms with Gasteiger partial charge in [0.25, 0.3) is 0 Å². The van der Waals surface area contributed by atoms with E-state index in [-0.39, 0.29) is 12.3 Å². The highest BCUT2D eigenvalue weighted by atomic mass is 35.5. The lowest BCUT2D eigenvalue weighted by molar-refractivity contribution is -0.136. The van der Waals surface area contributed by atoms with Gasteiger partial charge in [0, 0.05) is 5.88 Å². The van der Waals surface area contributed by atoms with Crippen LogP contribution in [0.3, 0.4) is 0 Å². The maximum Gasteiger partial charge on any atom is 0.312 e. The zero-order valence-electron chi connectivity index (χ0n) is 7.74. The molecule has 1 N–H and O–H groups in total. The number of aromatic nitrogens is 1. The molecule has 78 valence electrons. The molecule has 0 aliphatic heterocycles. The molecule has 1 heterocycles. The Labute approximate surface area is 90.5 Å². The van der Waals surface area contributed by atoms with E-state index in [4.69, 9.17) is 21.1 Å². The molecule has 0 amide bonds. The van der Waals surface area contributed by atoms with Crippen molar-refractivity contribution in [1.29, 1.82) is 0 Å². The Balaban J connectivity index is 2.42. The number of nitrogens with zero attached hydrogens (tertiary/aromatic N) is 1. The molecule has 0 bridgehead atoms. The van der Waals surface area contributed by atoms with Crippen LogP contribution in [0.15, 0.2) is 22.6 Å². The van der Waals surface area contributed by atoms with Crippen molar-refractivity contribution in [3.8, 4) is 0 Å².